The topological polar surface area (TPSA) is 108 Å². The average Bonchev–Trinajstić information content (AvgIpc) is 3.45. The number of anilines is 1. The van der Waals surface area contributed by atoms with Gasteiger partial charge in [-0.25, -0.2) is 9.37 Å². The molecule has 9 nitrogen and oxygen atoms in total. The van der Waals surface area contributed by atoms with Crippen molar-refractivity contribution in [3.63, 3.8) is 0 Å². The Bertz CT molecular complexity index is 2120. The fraction of sp³-hybridized carbons (Fsp3) is 0.0625. The Kier molecular flexibility index (Phi) is 8.27. The van der Waals surface area contributed by atoms with E-state index in [9.17, 15) is 14.0 Å². The monoisotopic (exact) mass is 718 g/mol. The number of fused-ring (bicyclic) bond motifs is 2. The Labute approximate surface area is 266 Å². The van der Waals surface area contributed by atoms with Gasteiger partial charge in [-0.2, -0.15) is 9.78 Å². The van der Waals surface area contributed by atoms with Gasteiger partial charge in [0.25, 0.3) is 11.5 Å². The fourth-order valence-corrected chi connectivity index (χ4v) is 5.98. The summed E-state index contributed by atoms with van der Waals surface area (Å²) >= 11 is 6.95. The quantitative estimate of drug-likeness (QED) is 0.165. The van der Waals surface area contributed by atoms with Gasteiger partial charge >= 0.3 is 0 Å². The Morgan fingerprint density at radius 1 is 1.02 bits per heavy atom. The number of carbonyl (C=O) groups is 1. The molecule has 0 aliphatic carbocycles. The first-order valence-electron chi connectivity index (χ1n) is 13.1. The normalized spacial score (nSPS) is 11.4. The van der Waals surface area contributed by atoms with E-state index in [4.69, 9.17) is 18.9 Å². The number of hydrogen-bond donors (Lipinski definition) is 1. The molecular weight excluding hydrogens is 699 g/mol. The highest BCUT2D eigenvalue weighted by Gasteiger charge is 2.18. The minimum Gasteiger partial charge on any atom is -0.496 e. The number of para-hydroxylation sites is 1. The molecule has 0 aliphatic heterocycles. The summed E-state index contributed by atoms with van der Waals surface area (Å²) in [6.45, 7) is -0.315. The Morgan fingerprint density at radius 3 is 2.57 bits per heavy atom. The van der Waals surface area contributed by atoms with Gasteiger partial charge in [0.15, 0.2) is 12.4 Å². The lowest BCUT2D eigenvalue weighted by molar-refractivity contribution is -0.118. The second-order valence-electron chi connectivity index (χ2n) is 9.46. The molecule has 0 radical (unpaired) electrons. The average molecular weight is 720 g/mol. The van der Waals surface area contributed by atoms with E-state index >= 15 is 0 Å². The molecule has 0 aliphatic rings. The number of halogens is 3. The third-order valence-corrected chi connectivity index (χ3v) is 7.69. The molecule has 12 heteroatoms. The van der Waals surface area contributed by atoms with Crippen molar-refractivity contribution in [2.75, 3.05) is 19.0 Å². The molecule has 0 unspecified atom stereocenters. The van der Waals surface area contributed by atoms with Crippen LogP contribution >= 0.6 is 31.9 Å². The number of furan rings is 1. The number of amides is 1. The highest BCUT2D eigenvalue weighted by atomic mass is 79.9. The maximum atomic E-state index is 13.6. The van der Waals surface area contributed by atoms with Gasteiger partial charge in [-0.1, -0.05) is 24.3 Å². The number of nitrogens with zero attached hydrogens (tertiary/aromatic N) is 3. The zero-order valence-electron chi connectivity index (χ0n) is 22.9. The van der Waals surface area contributed by atoms with Crippen LogP contribution in [0.3, 0.4) is 0 Å². The van der Waals surface area contributed by atoms with Crippen LogP contribution in [0.1, 0.15) is 5.56 Å². The van der Waals surface area contributed by atoms with Gasteiger partial charge in [0.1, 0.15) is 22.9 Å². The summed E-state index contributed by atoms with van der Waals surface area (Å²) in [6, 6.07) is 23.2. The standard InChI is InChI=1S/C32H21Br2FN4O5/c1-42-26-10-5-11-27-22(26)15-28(44-27)31-38-25-9-3-2-8-21(25)32(41)39(31)36-16-18-12-23(33)30(24(34)13-18)43-17-29(40)37-20-7-4-6-19(35)14-20/h2-16H,17H2,1H3,(H,37,40). The van der Waals surface area contributed by atoms with Crippen LogP contribution in [-0.2, 0) is 4.79 Å². The van der Waals surface area contributed by atoms with E-state index in [0.29, 0.717) is 53.9 Å². The fourth-order valence-electron chi connectivity index (χ4n) is 4.53. The van der Waals surface area contributed by atoms with Crippen LogP contribution < -0.4 is 20.3 Å². The first-order valence-corrected chi connectivity index (χ1v) is 14.7. The van der Waals surface area contributed by atoms with E-state index in [2.05, 4.69) is 42.3 Å². The van der Waals surface area contributed by atoms with E-state index in [1.807, 2.05) is 12.1 Å². The molecule has 0 bridgehead atoms. The van der Waals surface area contributed by atoms with Crippen LogP contribution in [0.2, 0.25) is 0 Å². The highest BCUT2D eigenvalue weighted by Crippen LogP contribution is 2.35. The predicted molar refractivity (Wildman–Crippen MR) is 173 cm³/mol. The number of carbonyl (C=O) groups excluding carboxylic acids is 1. The largest absolute Gasteiger partial charge is 0.496 e. The van der Waals surface area contributed by atoms with Crippen LogP contribution in [-0.4, -0.2) is 35.5 Å². The minimum atomic E-state index is -0.460. The molecule has 4 aromatic carbocycles. The van der Waals surface area contributed by atoms with E-state index < -0.39 is 11.7 Å². The van der Waals surface area contributed by atoms with Crippen molar-refractivity contribution >= 4 is 71.5 Å². The first kappa shape index (κ1) is 29.3. The third kappa shape index (κ3) is 5.99. The van der Waals surface area contributed by atoms with Crippen molar-refractivity contribution in [2.24, 2.45) is 5.10 Å². The summed E-state index contributed by atoms with van der Waals surface area (Å²) in [6.07, 6.45) is 1.50. The number of methoxy groups -OCH3 is 1. The molecule has 0 spiro atoms. The van der Waals surface area contributed by atoms with Gasteiger partial charge in [-0.15, -0.1) is 0 Å². The van der Waals surface area contributed by atoms with Crippen molar-refractivity contribution in [3.8, 4) is 23.1 Å². The van der Waals surface area contributed by atoms with Crippen LogP contribution in [0.15, 0.2) is 108 Å². The predicted octanol–water partition coefficient (Wildman–Crippen LogP) is 7.38. The molecule has 2 heterocycles. The molecule has 1 amide bonds. The maximum Gasteiger partial charge on any atom is 0.282 e. The molecule has 6 rings (SSSR count). The zero-order valence-corrected chi connectivity index (χ0v) is 26.1. The Morgan fingerprint density at radius 2 is 1.80 bits per heavy atom. The van der Waals surface area contributed by atoms with Crippen molar-refractivity contribution in [2.45, 2.75) is 0 Å². The lowest BCUT2D eigenvalue weighted by atomic mass is 10.2. The van der Waals surface area contributed by atoms with Gasteiger partial charge in [0.05, 0.1) is 38.6 Å². The first-order chi connectivity index (χ1) is 21.3. The number of aromatic nitrogens is 2. The molecule has 2 aromatic heterocycles. The van der Waals surface area contributed by atoms with Crippen LogP contribution in [0, 0.1) is 5.82 Å². The third-order valence-electron chi connectivity index (χ3n) is 6.51. The van der Waals surface area contributed by atoms with Gasteiger partial charge in [-0.3, -0.25) is 9.59 Å². The Balaban J connectivity index is 1.31. The number of ether oxygens (including phenoxy) is 2. The second kappa shape index (κ2) is 12.4. The molecule has 220 valence electrons. The van der Waals surface area contributed by atoms with E-state index in [-0.39, 0.29) is 18.0 Å². The van der Waals surface area contributed by atoms with Gasteiger partial charge < -0.3 is 19.2 Å². The van der Waals surface area contributed by atoms with E-state index in [0.717, 1.165) is 5.39 Å². The minimum absolute atomic E-state index is 0.214. The van der Waals surface area contributed by atoms with Crippen LogP contribution in [0.25, 0.3) is 33.5 Å². The van der Waals surface area contributed by atoms with E-state index in [1.54, 1.807) is 61.7 Å². The summed E-state index contributed by atoms with van der Waals surface area (Å²) in [5, 5.41) is 8.21. The van der Waals surface area contributed by atoms with Crippen molar-refractivity contribution in [3.05, 3.63) is 116 Å². The number of nitrogens with one attached hydrogen (secondary N) is 1. The lowest BCUT2D eigenvalue weighted by Crippen LogP contribution is -2.20. The molecule has 44 heavy (non-hydrogen) atoms. The smallest absolute Gasteiger partial charge is 0.282 e. The maximum absolute atomic E-state index is 13.6. The van der Waals surface area contributed by atoms with Gasteiger partial charge in [0.2, 0.25) is 5.82 Å². The molecule has 0 atom stereocenters. The summed E-state index contributed by atoms with van der Waals surface area (Å²) < 4.78 is 32.9. The zero-order chi connectivity index (χ0) is 30.8. The molecule has 6 aromatic rings. The molecule has 0 saturated heterocycles. The number of benzene rings is 4. The molecule has 1 N–H and O–H groups in total. The van der Waals surface area contributed by atoms with Crippen LogP contribution in [0.5, 0.6) is 11.5 Å². The lowest BCUT2D eigenvalue weighted by Gasteiger charge is -2.12. The number of rotatable bonds is 8. The van der Waals surface area contributed by atoms with Crippen LogP contribution in [0.4, 0.5) is 10.1 Å². The van der Waals surface area contributed by atoms with Crippen molar-refractivity contribution in [1.29, 1.82) is 0 Å². The summed E-state index contributed by atoms with van der Waals surface area (Å²) in [5.41, 5.74) is 1.63. The molecular formula is C32H21Br2FN4O5. The Hall–Kier alpha value is -4.81. The number of hydrogen-bond acceptors (Lipinski definition) is 7. The van der Waals surface area contributed by atoms with Gasteiger partial charge in [-0.05, 0) is 98.1 Å². The summed E-state index contributed by atoms with van der Waals surface area (Å²) in [4.78, 5) is 30.7. The highest BCUT2D eigenvalue weighted by molar-refractivity contribution is 9.11. The molecule has 0 saturated carbocycles. The summed E-state index contributed by atoms with van der Waals surface area (Å²) in [5.74, 6) is 0.631. The van der Waals surface area contributed by atoms with Crippen molar-refractivity contribution in [1.82, 2.24) is 9.66 Å². The summed E-state index contributed by atoms with van der Waals surface area (Å²) in [7, 11) is 1.57. The van der Waals surface area contributed by atoms with Gasteiger partial charge in [0, 0.05) is 5.69 Å². The molecule has 0 fully saturated rings. The van der Waals surface area contributed by atoms with E-state index in [1.165, 1.54) is 29.1 Å². The SMILES string of the molecule is COc1cccc2oc(-c3nc4ccccc4c(=O)n3N=Cc3cc(Br)c(OCC(=O)Nc4cccc(F)c4)c(Br)c3)cc12. The second-order valence-corrected chi connectivity index (χ2v) is 11.2. The van der Waals surface area contributed by atoms with Crippen molar-refractivity contribution < 1.29 is 23.1 Å².